The number of rotatable bonds is 6. The molecule has 0 fully saturated rings. The first-order chi connectivity index (χ1) is 7.36. The quantitative estimate of drug-likeness (QED) is 0.716. The summed E-state index contributed by atoms with van der Waals surface area (Å²) < 4.78 is 0. The van der Waals surface area contributed by atoms with Crippen molar-refractivity contribution in [3.8, 4) is 0 Å². The molecular weight excluding hydrogens is 315 g/mol. The summed E-state index contributed by atoms with van der Waals surface area (Å²) in [7, 11) is 0. The van der Waals surface area contributed by atoms with Crippen LogP contribution in [0.25, 0.3) is 0 Å². The SMILES string of the molecule is CCCN(CC)CCNC1=NCCCN1.I. The van der Waals surface area contributed by atoms with E-state index < -0.39 is 0 Å². The summed E-state index contributed by atoms with van der Waals surface area (Å²) >= 11 is 0. The van der Waals surface area contributed by atoms with Crippen LogP contribution in [-0.4, -0.2) is 50.1 Å². The van der Waals surface area contributed by atoms with E-state index in [1.54, 1.807) is 0 Å². The topological polar surface area (TPSA) is 39.7 Å². The van der Waals surface area contributed by atoms with Gasteiger partial charge in [-0.3, -0.25) is 4.99 Å². The van der Waals surface area contributed by atoms with Gasteiger partial charge < -0.3 is 15.5 Å². The molecule has 0 atom stereocenters. The molecule has 0 aromatic heterocycles. The lowest BCUT2D eigenvalue weighted by molar-refractivity contribution is 0.293. The van der Waals surface area contributed by atoms with E-state index in [1.165, 1.54) is 13.0 Å². The minimum atomic E-state index is 0. The lowest BCUT2D eigenvalue weighted by Crippen LogP contribution is -2.43. The monoisotopic (exact) mass is 340 g/mol. The third-order valence-electron chi connectivity index (χ3n) is 2.60. The molecular formula is C11H25IN4. The molecule has 0 aliphatic carbocycles. The Hall–Kier alpha value is -0.0400. The average Bonchev–Trinajstić information content (AvgIpc) is 2.29. The number of guanidine groups is 1. The highest BCUT2D eigenvalue weighted by Crippen LogP contribution is 1.90. The van der Waals surface area contributed by atoms with E-state index >= 15 is 0 Å². The van der Waals surface area contributed by atoms with Crippen molar-refractivity contribution < 1.29 is 0 Å². The first-order valence-electron chi connectivity index (χ1n) is 6.11. The van der Waals surface area contributed by atoms with Crippen LogP contribution in [0, 0.1) is 0 Å². The number of halogens is 1. The Balaban J connectivity index is 0.00000225. The van der Waals surface area contributed by atoms with Crippen molar-refractivity contribution in [2.75, 3.05) is 39.3 Å². The minimum absolute atomic E-state index is 0. The molecule has 0 bridgehead atoms. The van der Waals surface area contributed by atoms with Crippen LogP contribution in [0.15, 0.2) is 4.99 Å². The molecule has 0 aromatic carbocycles. The fourth-order valence-electron chi connectivity index (χ4n) is 1.73. The Labute approximate surface area is 116 Å². The van der Waals surface area contributed by atoms with Crippen LogP contribution in [0.4, 0.5) is 0 Å². The van der Waals surface area contributed by atoms with Crippen molar-refractivity contribution in [1.82, 2.24) is 15.5 Å². The molecule has 4 nitrogen and oxygen atoms in total. The number of nitrogens with zero attached hydrogens (tertiary/aromatic N) is 2. The molecule has 1 heterocycles. The largest absolute Gasteiger partial charge is 0.356 e. The average molecular weight is 340 g/mol. The number of nitrogens with one attached hydrogen (secondary N) is 2. The molecule has 0 saturated carbocycles. The molecule has 16 heavy (non-hydrogen) atoms. The zero-order valence-electron chi connectivity index (χ0n) is 10.5. The van der Waals surface area contributed by atoms with Gasteiger partial charge >= 0.3 is 0 Å². The van der Waals surface area contributed by atoms with Crippen LogP contribution in [-0.2, 0) is 0 Å². The lowest BCUT2D eigenvalue weighted by Gasteiger charge is -2.21. The summed E-state index contributed by atoms with van der Waals surface area (Å²) in [5, 5.41) is 6.61. The van der Waals surface area contributed by atoms with E-state index in [1.807, 2.05) is 0 Å². The Morgan fingerprint density at radius 2 is 2.19 bits per heavy atom. The summed E-state index contributed by atoms with van der Waals surface area (Å²) in [6.07, 6.45) is 2.38. The van der Waals surface area contributed by atoms with Crippen LogP contribution < -0.4 is 10.6 Å². The second kappa shape index (κ2) is 10.1. The summed E-state index contributed by atoms with van der Waals surface area (Å²) in [5.41, 5.74) is 0. The first kappa shape index (κ1) is 16.0. The molecule has 2 N–H and O–H groups in total. The number of likely N-dealkylation sites (N-methyl/N-ethyl adjacent to an activating group) is 1. The van der Waals surface area contributed by atoms with Gasteiger partial charge in [0, 0.05) is 26.2 Å². The molecule has 0 amide bonds. The zero-order valence-corrected chi connectivity index (χ0v) is 12.8. The van der Waals surface area contributed by atoms with Crippen LogP contribution >= 0.6 is 24.0 Å². The highest BCUT2D eigenvalue weighted by atomic mass is 127. The van der Waals surface area contributed by atoms with Crippen LogP contribution in [0.1, 0.15) is 26.7 Å². The maximum Gasteiger partial charge on any atom is 0.191 e. The smallest absolute Gasteiger partial charge is 0.191 e. The molecule has 5 heteroatoms. The van der Waals surface area contributed by atoms with Crippen molar-refractivity contribution in [3.63, 3.8) is 0 Å². The van der Waals surface area contributed by atoms with E-state index in [2.05, 4.69) is 34.4 Å². The van der Waals surface area contributed by atoms with Gasteiger partial charge in [-0.1, -0.05) is 13.8 Å². The van der Waals surface area contributed by atoms with Gasteiger partial charge in [0.1, 0.15) is 0 Å². The molecule has 1 rings (SSSR count). The van der Waals surface area contributed by atoms with Crippen LogP contribution in [0.5, 0.6) is 0 Å². The van der Waals surface area contributed by atoms with Crippen molar-refractivity contribution in [2.45, 2.75) is 26.7 Å². The Morgan fingerprint density at radius 3 is 2.75 bits per heavy atom. The third-order valence-corrected chi connectivity index (χ3v) is 2.60. The third kappa shape index (κ3) is 6.52. The van der Waals surface area contributed by atoms with Crippen LogP contribution in [0.2, 0.25) is 0 Å². The Bertz CT molecular complexity index is 196. The number of hydrogen-bond acceptors (Lipinski definition) is 4. The number of aliphatic imine (C=N–C) groups is 1. The molecule has 1 aliphatic heterocycles. The summed E-state index contributed by atoms with van der Waals surface area (Å²) in [6, 6.07) is 0. The molecule has 1 aliphatic rings. The summed E-state index contributed by atoms with van der Waals surface area (Å²) in [4.78, 5) is 6.83. The maximum absolute atomic E-state index is 4.37. The normalized spacial score (nSPS) is 15.1. The Morgan fingerprint density at radius 1 is 1.38 bits per heavy atom. The van der Waals surface area contributed by atoms with Gasteiger partial charge in [0.25, 0.3) is 0 Å². The molecule has 0 radical (unpaired) electrons. The van der Waals surface area contributed by atoms with Gasteiger partial charge in [-0.2, -0.15) is 0 Å². The predicted octanol–water partition coefficient (Wildman–Crippen LogP) is 1.28. The van der Waals surface area contributed by atoms with Gasteiger partial charge in [-0.25, -0.2) is 0 Å². The van der Waals surface area contributed by atoms with Gasteiger partial charge in [-0.05, 0) is 25.9 Å². The second-order valence-electron chi connectivity index (χ2n) is 3.87. The molecule has 0 aromatic rings. The van der Waals surface area contributed by atoms with Crippen molar-refractivity contribution in [1.29, 1.82) is 0 Å². The van der Waals surface area contributed by atoms with Gasteiger partial charge in [0.05, 0.1) is 0 Å². The molecule has 0 spiro atoms. The van der Waals surface area contributed by atoms with E-state index in [0.29, 0.717) is 0 Å². The maximum atomic E-state index is 4.37. The van der Waals surface area contributed by atoms with E-state index in [4.69, 9.17) is 0 Å². The van der Waals surface area contributed by atoms with Crippen molar-refractivity contribution in [2.24, 2.45) is 4.99 Å². The molecule has 0 unspecified atom stereocenters. The minimum Gasteiger partial charge on any atom is -0.356 e. The Kier molecular flexibility index (Phi) is 10.1. The lowest BCUT2D eigenvalue weighted by atomic mass is 10.4. The molecule has 96 valence electrons. The summed E-state index contributed by atoms with van der Waals surface area (Å²) in [6.45, 7) is 10.9. The zero-order chi connectivity index (χ0) is 10.9. The number of hydrogen-bond donors (Lipinski definition) is 2. The van der Waals surface area contributed by atoms with E-state index in [9.17, 15) is 0 Å². The van der Waals surface area contributed by atoms with Crippen molar-refractivity contribution in [3.05, 3.63) is 0 Å². The van der Waals surface area contributed by atoms with E-state index in [-0.39, 0.29) is 24.0 Å². The van der Waals surface area contributed by atoms with E-state index in [0.717, 1.165) is 45.1 Å². The second-order valence-corrected chi connectivity index (χ2v) is 3.87. The van der Waals surface area contributed by atoms with Gasteiger partial charge in [0.2, 0.25) is 0 Å². The van der Waals surface area contributed by atoms with Crippen molar-refractivity contribution >= 4 is 29.9 Å². The fraction of sp³-hybridized carbons (Fsp3) is 0.909. The standard InChI is InChI=1S/C11H24N4.HI/c1-3-9-15(4-2)10-8-14-11-12-6-5-7-13-11;/h3-10H2,1-2H3,(H2,12,13,14);1H. The predicted molar refractivity (Wildman–Crippen MR) is 80.7 cm³/mol. The highest BCUT2D eigenvalue weighted by molar-refractivity contribution is 14.0. The highest BCUT2D eigenvalue weighted by Gasteiger charge is 2.04. The van der Waals surface area contributed by atoms with Gasteiger partial charge in [-0.15, -0.1) is 24.0 Å². The van der Waals surface area contributed by atoms with Gasteiger partial charge in [0.15, 0.2) is 5.96 Å². The fourth-order valence-corrected chi connectivity index (χ4v) is 1.73. The molecule has 0 saturated heterocycles. The summed E-state index contributed by atoms with van der Waals surface area (Å²) in [5.74, 6) is 0.980. The van der Waals surface area contributed by atoms with Crippen LogP contribution in [0.3, 0.4) is 0 Å². The first-order valence-corrected chi connectivity index (χ1v) is 6.11.